The largest absolute Gasteiger partial charge is 0.416 e. The third-order valence-electron chi connectivity index (χ3n) is 6.01. The lowest BCUT2D eigenvalue weighted by molar-refractivity contribution is -0.143. The summed E-state index contributed by atoms with van der Waals surface area (Å²) in [4.78, 5) is 20.0. The Morgan fingerprint density at radius 2 is 2.07 bits per heavy atom. The Hall–Kier alpha value is -1.93. The summed E-state index contributed by atoms with van der Waals surface area (Å²) in [7, 11) is 0. The molecule has 1 aromatic carbocycles. The highest BCUT2D eigenvalue weighted by Crippen LogP contribution is 2.41. The van der Waals surface area contributed by atoms with Crippen LogP contribution in [-0.2, 0) is 21.1 Å². The fourth-order valence-electron chi connectivity index (χ4n) is 4.44. The van der Waals surface area contributed by atoms with E-state index < -0.39 is 17.2 Å². The van der Waals surface area contributed by atoms with E-state index in [1.165, 1.54) is 6.07 Å². The van der Waals surface area contributed by atoms with Crippen molar-refractivity contribution in [3.63, 3.8) is 0 Å². The highest BCUT2D eigenvalue weighted by Gasteiger charge is 2.46. The average Bonchev–Trinajstić information content (AvgIpc) is 3.28. The van der Waals surface area contributed by atoms with Gasteiger partial charge in [-0.25, -0.2) is 4.98 Å². The molecule has 8 heteroatoms. The van der Waals surface area contributed by atoms with Crippen molar-refractivity contribution in [1.29, 1.82) is 0 Å². The first kappa shape index (κ1) is 20.3. The van der Waals surface area contributed by atoms with Crippen LogP contribution in [0, 0.1) is 0 Å². The second-order valence-electron chi connectivity index (χ2n) is 7.73. The third kappa shape index (κ3) is 4.05. The van der Waals surface area contributed by atoms with Crippen LogP contribution in [0.4, 0.5) is 13.2 Å². The summed E-state index contributed by atoms with van der Waals surface area (Å²) >= 11 is 1.58. The lowest BCUT2D eigenvalue weighted by atomic mass is 9.72. The van der Waals surface area contributed by atoms with E-state index in [9.17, 15) is 18.0 Å². The van der Waals surface area contributed by atoms with E-state index >= 15 is 0 Å². The van der Waals surface area contributed by atoms with Gasteiger partial charge in [0.15, 0.2) is 0 Å². The average molecular weight is 424 g/mol. The van der Waals surface area contributed by atoms with Gasteiger partial charge in [0, 0.05) is 43.8 Å². The van der Waals surface area contributed by atoms with Crippen molar-refractivity contribution in [3.8, 4) is 0 Å². The molecule has 0 saturated carbocycles. The molecule has 0 radical (unpaired) electrons. The predicted octanol–water partition coefficient (Wildman–Crippen LogP) is 4.62. The van der Waals surface area contributed by atoms with Crippen LogP contribution < -0.4 is 0 Å². The van der Waals surface area contributed by atoms with Crippen molar-refractivity contribution >= 4 is 17.2 Å². The van der Waals surface area contributed by atoms with E-state index in [1.54, 1.807) is 23.6 Å². The van der Waals surface area contributed by atoms with Crippen LogP contribution in [0.5, 0.6) is 0 Å². The number of halogens is 3. The lowest BCUT2D eigenvalue weighted by Crippen LogP contribution is -2.52. The zero-order chi connectivity index (χ0) is 20.5. The summed E-state index contributed by atoms with van der Waals surface area (Å²) in [6.45, 7) is 1.92. The van der Waals surface area contributed by atoms with Crippen molar-refractivity contribution in [3.05, 3.63) is 52.0 Å². The molecule has 1 aromatic heterocycles. The second kappa shape index (κ2) is 8.07. The number of carbonyl (C=O) groups is 1. The molecule has 2 aliphatic rings. The van der Waals surface area contributed by atoms with E-state index in [0.29, 0.717) is 44.7 Å². The lowest BCUT2D eigenvalue weighted by Gasteiger charge is -2.42. The Bertz CT molecular complexity index is 848. The Morgan fingerprint density at radius 1 is 1.28 bits per heavy atom. The number of piperidine rings is 1. The molecule has 156 valence electrons. The molecule has 2 saturated heterocycles. The summed E-state index contributed by atoms with van der Waals surface area (Å²) in [6.07, 6.45) is -0.0465. The highest BCUT2D eigenvalue weighted by atomic mass is 32.1. The maximum absolute atomic E-state index is 13.7. The number of hydrogen-bond donors (Lipinski definition) is 0. The first-order chi connectivity index (χ1) is 13.9. The van der Waals surface area contributed by atoms with E-state index in [1.807, 2.05) is 10.3 Å². The number of likely N-dealkylation sites (tertiary alicyclic amines) is 1. The third-order valence-corrected chi connectivity index (χ3v) is 6.95. The van der Waals surface area contributed by atoms with Gasteiger partial charge in [-0.05, 0) is 37.3 Å². The molecule has 0 N–H and O–H groups in total. The minimum absolute atomic E-state index is 0.0821. The zero-order valence-electron chi connectivity index (χ0n) is 16.0. The van der Waals surface area contributed by atoms with Crippen LogP contribution in [0.25, 0.3) is 0 Å². The molecule has 4 nitrogen and oxygen atoms in total. The summed E-state index contributed by atoms with van der Waals surface area (Å²) in [5.74, 6) is 0.104. The van der Waals surface area contributed by atoms with Gasteiger partial charge in [-0.1, -0.05) is 18.2 Å². The minimum atomic E-state index is -4.44. The Kier molecular flexibility index (Phi) is 5.66. The van der Waals surface area contributed by atoms with Crippen molar-refractivity contribution in [2.75, 3.05) is 26.3 Å². The van der Waals surface area contributed by atoms with Gasteiger partial charge < -0.3 is 9.64 Å². The molecule has 1 atom stereocenters. The monoisotopic (exact) mass is 424 g/mol. The summed E-state index contributed by atoms with van der Waals surface area (Å²) < 4.78 is 45.4. The Morgan fingerprint density at radius 3 is 2.76 bits per heavy atom. The van der Waals surface area contributed by atoms with Crippen molar-refractivity contribution in [1.82, 2.24) is 9.88 Å². The summed E-state index contributed by atoms with van der Waals surface area (Å²) in [5.41, 5.74) is -1.24. The van der Waals surface area contributed by atoms with Gasteiger partial charge in [0.2, 0.25) is 5.91 Å². The topological polar surface area (TPSA) is 42.4 Å². The van der Waals surface area contributed by atoms with Gasteiger partial charge in [0.1, 0.15) is 0 Å². The molecular weight excluding hydrogens is 401 g/mol. The standard InChI is InChI=1S/C21H23F3N2O2S/c22-21(23,24)17-5-1-4-16(13-17)20(6-10-28-11-7-20)19(27)26-9-2-3-15(14-26)18-25-8-12-29-18/h1,4-5,8,12-13,15H,2-3,6-7,9-11,14H2. The molecule has 0 aliphatic carbocycles. The fraction of sp³-hybridized carbons (Fsp3) is 0.524. The molecule has 1 unspecified atom stereocenters. The Balaban J connectivity index is 1.65. The SMILES string of the molecule is O=C(N1CCCC(c2nccs2)C1)C1(c2cccc(C(F)(F)F)c2)CCOCC1. The van der Waals surface area contributed by atoms with Crippen LogP contribution in [0.15, 0.2) is 35.8 Å². The number of benzene rings is 1. The minimum Gasteiger partial charge on any atom is -0.381 e. The van der Waals surface area contributed by atoms with Crippen LogP contribution in [0.2, 0.25) is 0 Å². The van der Waals surface area contributed by atoms with Gasteiger partial charge in [-0.15, -0.1) is 11.3 Å². The number of rotatable bonds is 3. The molecule has 1 amide bonds. The number of alkyl halides is 3. The predicted molar refractivity (Wildman–Crippen MR) is 104 cm³/mol. The normalized spacial score (nSPS) is 22.4. The van der Waals surface area contributed by atoms with Crippen LogP contribution in [-0.4, -0.2) is 42.1 Å². The van der Waals surface area contributed by atoms with E-state index in [0.717, 1.165) is 30.0 Å². The number of aromatic nitrogens is 1. The van der Waals surface area contributed by atoms with Crippen LogP contribution in [0.1, 0.15) is 47.7 Å². The van der Waals surface area contributed by atoms with Crippen molar-refractivity contribution in [2.45, 2.75) is 43.2 Å². The van der Waals surface area contributed by atoms with Gasteiger partial charge in [-0.2, -0.15) is 13.2 Å². The molecule has 3 heterocycles. The number of thiazole rings is 1. The van der Waals surface area contributed by atoms with Crippen LogP contribution >= 0.6 is 11.3 Å². The van der Waals surface area contributed by atoms with E-state index in [4.69, 9.17) is 4.74 Å². The molecule has 2 aliphatic heterocycles. The zero-order valence-corrected chi connectivity index (χ0v) is 16.8. The molecule has 2 aromatic rings. The van der Waals surface area contributed by atoms with Gasteiger partial charge in [0.25, 0.3) is 0 Å². The number of ether oxygens (including phenoxy) is 1. The number of amides is 1. The molecule has 0 spiro atoms. The highest BCUT2D eigenvalue weighted by molar-refractivity contribution is 7.09. The van der Waals surface area contributed by atoms with Crippen LogP contribution in [0.3, 0.4) is 0 Å². The fourth-order valence-corrected chi connectivity index (χ4v) is 5.21. The summed E-state index contributed by atoms with van der Waals surface area (Å²) in [6, 6.07) is 5.25. The summed E-state index contributed by atoms with van der Waals surface area (Å²) in [5, 5.41) is 2.95. The van der Waals surface area contributed by atoms with Crippen molar-refractivity contribution in [2.24, 2.45) is 0 Å². The first-order valence-electron chi connectivity index (χ1n) is 9.84. The number of nitrogens with zero attached hydrogens (tertiary/aromatic N) is 2. The number of carbonyl (C=O) groups excluding carboxylic acids is 1. The maximum Gasteiger partial charge on any atom is 0.416 e. The van der Waals surface area contributed by atoms with Gasteiger partial charge in [-0.3, -0.25) is 4.79 Å². The Labute approximate surface area is 171 Å². The van der Waals surface area contributed by atoms with Gasteiger partial charge >= 0.3 is 6.18 Å². The molecule has 4 rings (SSSR count). The number of hydrogen-bond acceptors (Lipinski definition) is 4. The van der Waals surface area contributed by atoms with E-state index in [-0.39, 0.29) is 11.8 Å². The first-order valence-corrected chi connectivity index (χ1v) is 10.7. The van der Waals surface area contributed by atoms with Gasteiger partial charge in [0.05, 0.1) is 16.0 Å². The molecule has 0 bridgehead atoms. The van der Waals surface area contributed by atoms with Crippen molar-refractivity contribution < 1.29 is 22.7 Å². The molecular formula is C21H23F3N2O2S. The quantitative estimate of drug-likeness (QED) is 0.722. The molecule has 29 heavy (non-hydrogen) atoms. The smallest absolute Gasteiger partial charge is 0.381 e. The maximum atomic E-state index is 13.7. The molecule has 2 fully saturated rings. The van der Waals surface area contributed by atoms with E-state index in [2.05, 4.69) is 4.98 Å². The second-order valence-corrected chi connectivity index (χ2v) is 8.66.